The molecule has 156 valence electrons. The first-order valence-corrected chi connectivity index (χ1v) is 11.0. The standard InChI is InChI=1S/C21H27N3O4S/c1-23(2)29(26,27)20-10-8-18(9-11-20)21(25)22-14-19-16-24(12-13-28-19)15-17-6-4-3-5-7-17/h3-11,19H,12-16H2,1-2H3,(H,22,25)/t19-/m1/s1. The Bertz CT molecular complexity index is 915. The Hall–Kier alpha value is -2.26. The van der Waals surface area contributed by atoms with Gasteiger partial charge in [-0.05, 0) is 29.8 Å². The van der Waals surface area contributed by atoms with Gasteiger partial charge in [-0.3, -0.25) is 9.69 Å². The fourth-order valence-electron chi connectivity index (χ4n) is 3.19. The van der Waals surface area contributed by atoms with Gasteiger partial charge in [-0.25, -0.2) is 12.7 Å². The zero-order chi connectivity index (χ0) is 20.9. The Labute approximate surface area is 172 Å². The average Bonchev–Trinajstić information content (AvgIpc) is 2.73. The van der Waals surface area contributed by atoms with E-state index in [4.69, 9.17) is 4.74 Å². The van der Waals surface area contributed by atoms with Crippen molar-refractivity contribution in [1.82, 2.24) is 14.5 Å². The lowest BCUT2D eigenvalue weighted by molar-refractivity contribution is -0.0292. The van der Waals surface area contributed by atoms with Crippen molar-refractivity contribution in [3.63, 3.8) is 0 Å². The fraction of sp³-hybridized carbons (Fsp3) is 0.381. The minimum absolute atomic E-state index is 0.0789. The number of ether oxygens (including phenoxy) is 1. The Morgan fingerprint density at radius 2 is 1.83 bits per heavy atom. The van der Waals surface area contributed by atoms with Crippen LogP contribution in [-0.2, 0) is 21.3 Å². The van der Waals surface area contributed by atoms with Gasteiger partial charge in [0.15, 0.2) is 0 Å². The molecule has 1 fully saturated rings. The maximum absolute atomic E-state index is 12.4. The SMILES string of the molecule is CN(C)S(=O)(=O)c1ccc(C(=O)NC[C@@H]2CN(Cc3ccccc3)CCO2)cc1. The number of carbonyl (C=O) groups excluding carboxylic acids is 1. The Balaban J connectivity index is 1.52. The Morgan fingerprint density at radius 1 is 1.14 bits per heavy atom. The second-order valence-electron chi connectivity index (χ2n) is 7.24. The van der Waals surface area contributed by atoms with Gasteiger partial charge in [0, 0.05) is 45.8 Å². The van der Waals surface area contributed by atoms with Crippen LogP contribution in [0.15, 0.2) is 59.5 Å². The number of rotatable bonds is 7. The summed E-state index contributed by atoms with van der Waals surface area (Å²) in [6.45, 7) is 3.50. The van der Waals surface area contributed by atoms with E-state index in [-0.39, 0.29) is 16.9 Å². The third-order valence-corrected chi connectivity index (χ3v) is 6.69. The first-order valence-electron chi connectivity index (χ1n) is 9.55. The number of nitrogens with one attached hydrogen (secondary N) is 1. The van der Waals surface area contributed by atoms with E-state index in [0.29, 0.717) is 18.7 Å². The summed E-state index contributed by atoms with van der Waals surface area (Å²) in [7, 11) is -0.558. The third kappa shape index (κ3) is 5.63. The molecule has 0 aromatic heterocycles. The first kappa shape index (κ1) is 21.4. The number of hydrogen-bond acceptors (Lipinski definition) is 5. The summed E-state index contributed by atoms with van der Waals surface area (Å²) < 4.78 is 31.1. The van der Waals surface area contributed by atoms with Crippen LogP contribution in [-0.4, -0.2) is 70.0 Å². The van der Waals surface area contributed by atoms with Crippen molar-refractivity contribution in [2.45, 2.75) is 17.5 Å². The van der Waals surface area contributed by atoms with Crippen molar-refractivity contribution in [2.75, 3.05) is 40.3 Å². The molecule has 1 amide bonds. The van der Waals surface area contributed by atoms with Crippen LogP contribution in [0.2, 0.25) is 0 Å². The van der Waals surface area contributed by atoms with Crippen LogP contribution in [0.5, 0.6) is 0 Å². The van der Waals surface area contributed by atoms with Crippen LogP contribution in [0.1, 0.15) is 15.9 Å². The van der Waals surface area contributed by atoms with Crippen LogP contribution >= 0.6 is 0 Å². The largest absolute Gasteiger partial charge is 0.374 e. The summed E-state index contributed by atoms with van der Waals surface area (Å²) in [5, 5.41) is 2.88. The number of amides is 1. The predicted octanol–water partition coefficient (Wildman–Crippen LogP) is 1.57. The molecule has 29 heavy (non-hydrogen) atoms. The number of carbonyl (C=O) groups is 1. The highest BCUT2D eigenvalue weighted by Crippen LogP contribution is 2.14. The van der Waals surface area contributed by atoms with Gasteiger partial charge < -0.3 is 10.1 Å². The maximum atomic E-state index is 12.4. The predicted molar refractivity (Wildman–Crippen MR) is 111 cm³/mol. The maximum Gasteiger partial charge on any atom is 0.251 e. The summed E-state index contributed by atoms with van der Waals surface area (Å²) in [6.07, 6.45) is -0.0789. The van der Waals surface area contributed by atoms with Crippen LogP contribution < -0.4 is 5.32 Å². The van der Waals surface area contributed by atoms with Crippen molar-refractivity contribution < 1.29 is 17.9 Å². The Kier molecular flexibility index (Phi) is 7.02. The van der Waals surface area contributed by atoms with Gasteiger partial charge in [0.1, 0.15) is 0 Å². The molecule has 3 rings (SSSR count). The highest BCUT2D eigenvalue weighted by molar-refractivity contribution is 7.89. The smallest absolute Gasteiger partial charge is 0.251 e. The second kappa shape index (κ2) is 9.49. The number of morpholine rings is 1. The molecule has 1 aliphatic heterocycles. The highest BCUT2D eigenvalue weighted by Gasteiger charge is 2.22. The highest BCUT2D eigenvalue weighted by atomic mass is 32.2. The van der Waals surface area contributed by atoms with Gasteiger partial charge >= 0.3 is 0 Å². The summed E-state index contributed by atoms with van der Waals surface area (Å²) >= 11 is 0. The summed E-state index contributed by atoms with van der Waals surface area (Å²) in [5.41, 5.74) is 1.67. The van der Waals surface area contributed by atoms with E-state index in [1.807, 2.05) is 18.2 Å². The van der Waals surface area contributed by atoms with E-state index < -0.39 is 10.0 Å². The molecule has 1 N–H and O–H groups in total. The molecule has 2 aromatic carbocycles. The summed E-state index contributed by atoms with van der Waals surface area (Å²) in [6, 6.07) is 16.2. The number of benzene rings is 2. The number of hydrogen-bond donors (Lipinski definition) is 1. The lowest BCUT2D eigenvalue weighted by Crippen LogP contribution is -2.47. The quantitative estimate of drug-likeness (QED) is 0.740. The van der Waals surface area contributed by atoms with Crippen molar-refractivity contribution in [3.05, 3.63) is 65.7 Å². The third-order valence-electron chi connectivity index (χ3n) is 4.86. The zero-order valence-corrected chi connectivity index (χ0v) is 17.6. The molecule has 0 bridgehead atoms. The van der Waals surface area contributed by atoms with Gasteiger partial charge in [0.25, 0.3) is 5.91 Å². The number of nitrogens with zero attached hydrogens (tertiary/aromatic N) is 2. The normalized spacial score (nSPS) is 18.0. The molecule has 1 heterocycles. The molecular weight excluding hydrogens is 390 g/mol. The lowest BCUT2D eigenvalue weighted by atomic mass is 10.2. The van der Waals surface area contributed by atoms with Crippen LogP contribution in [0.3, 0.4) is 0 Å². The summed E-state index contributed by atoms with van der Waals surface area (Å²) in [4.78, 5) is 14.9. The molecule has 7 nitrogen and oxygen atoms in total. The van der Waals surface area contributed by atoms with Gasteiger partial charge in [-0.15, -0.1) is 0 Å². The molecule has 1 atom stereocenters. The topological polar surface area (TPSA) is 79.0 Å². The number of sulfonamides is 1. The van der Waals surface area contributed by atoms with Crippen molar-refractivity contribution in [2.24, 2.45) is 0 Å². The first-order chi connectivity index (χ1) is 13.9. The molecular formula is C21H27N3O4S. The van der Waals surface area contributed by atoms with Gasteiger partial charge in [-0.1, -0.05) is 30.3 Å². The van der Waals surface area contributed by atoms with Crippen molar-refractivity contribution in [3.8, 4) is 0 Å². The van der Waals surface area contributed by atoms with Gasteiger partial charge in [0.2, 0.25) is 10.0 Å². The Morgan fingerprint density at radius 3 is 2.48 bits per heavy atom. The lowest BCUT2D eigenvalue weighted by Gasteiger charge is -2.33. The molecule has 8 heteroatoms. The van der Waals surface area contributed by atoms with E-state index in [1.165, 1.54) is 43.9 Å². The van der Waals surface area contributed by atoms with E-state index in [0.717, 1.165) is 23.9 Å². The average molecular weight is 418 g/mol. The molecule has 0 aliphatic carbocycles. The monoisotopic (exact) mass is 417 g/mol. The van der Waals surface area contributed by atoms with Crippen LogP contribution in [0, 0.1) is 0 Å². The zero-order valence-electron chi connectivity index (χ0n) is 16.7. The molecule has 0 radical (unpaired) electrons. The van der Waals surface area contributed by atoms with Crippen LogP contribution in [0.4, 0.5) is 0 Å². The molecule has 1 saturated heterocycles. The van der Waals surface area contributed by atoms with Crippen molar-refractivity contribution >= 4 is 15.9 Å². The minimum atomic E-state index is -3.50. The van der Waals surface area contributed by atoms with Gasteiger partial charge in [0.05, 0.1) is 17.6 Å². The molecule has 0 unspecified atom stereocenters. The molecule has 0 spiro atoms. The van der Waals surface area contributed by atoms with E-state index >= 15 is 0 Å². The molecule has 1 aliphatic rings. The van der Waals surface area contributed by atoms with E-state index in [2.05, 4.69) is 22.3 Å². The minimum Gasteiger partial charge on any atom is -0.374 e. The van der Waals surface area contributed by atoms with Gasteiger partial charge in [-0.2, -0.15) is 0 Å². The van der Waals surface area contributed by atoms with Crippen LogP contribution in [0.25, 0.3) is 0 Å². The second-order valence-corrected chi connectivity index (χ2v) is 9.39. The fourth-order valence-corrected chi connectivity index (χ4v) is 4.09. The molecule has 2 aromatic rings. The summed E-state index contributed by atoms with van der Waals surface area (Å²) in [5.74, 6) is -0.248. The van der Waals surface area contributed by atoms with Crippen molar-refractivity contribution in [1.29, 1.82) is 0 Å². The van der Waals surface area contributed by atoms with E-state index in [1.54, 1.807) is 0 Å². The molecule has 0 saturated carbocycles. The van der Waals surface area contributed by atoms with E-state index in [9.17, 15) is 13.2 Å².